The van der Waals surface area contributed by atoms with E-state index >= 15 is 0 Å². The van der Waals surface area contributed by atoms with Gasteiger partial charge >= 0.3 is 0 Å². The Labute approximate surface area is 96.9 Å². The van der Waals surface area contributed by atoms with Gasteiger partial charge in [0.15, 0.2) is 0 Å². The minimum absolute atomic E-state index is 0.669. The molecule has 0 aromatic carbocycles. The molecule has 0 radical (unpaired) electrons. The average Bonchev–Trinajstić information content (AvgIpc) is 2.66. The zero-order valence-electron chi connectivity index (χ0n) is 10.3. The van der Waals surface area contributed by atoms with Crippen molar-refractivity contribution in [1.82, 2.24) is 15.2 Å². The van der Waals surface area contributed by atoms with Crippen LogP contribution in [0, 0.1) is 25.7 Å². The van der Waals surface area contributed by atoms with Gasteiger partial charge in [-0.25, -0.2) is 4.98 Å². The fraction of sp³-hybridized carbons (Fsp3) is 0.750. The van der Waals surface area contributed by atoms with E-state index in [9.17, 15) is 0 Å². The number of nitrogens with zero attached hydrogens (tertiary/aromatic N) is 3. The third-order valence-electron chi connectivity index (χ3n) is 3.65. The number of aromatic nitrogens is 3. The highest BCUT2D eigenvalue weighted by atomic mass is 15.2. The SMILES string of the molecule is Cc1nnc(NCC2CCCC2C)nc1C. The first-order valence-corrected chi connectivity index (χ1v) is 6.08. The minimum Gasteiger partial charge on any atom is -0.353 e. The second-order valence-electron chi connectivity index (χ2n) is 4.86. The van der Waals surface area contributed by atoms with Crippen LogP contribution < -0.4 is 5.32 Å². The van der Waals surface area contributed by atoms with E-state index in [2.05, 4.69) is 27.4 Å². The Bertz CT molecular complexity index is 364. The molecule has 1 aromatic rings. The van der Waals surface area contributed by atoms with E-state index in [4.69, 9.17) is 0 Å². The predicted molar refractivity (Wildman–Crippen MR) is 64.3 cm³/mol. The number of rotatable bonds is 3. The van der Waals surface area contributed by atoms with E-state index in [1.807, 2.05) is 13.8 Å². The van der Waals surface area contributed by atoms with Crippen LogP contribution in [-0.2, 0) is 0 Å². The zero-order chi connectivity index (χ0) is 11.5. The molecule has 1 fully saturated rings. The first-order chi connectivity index (χ1) is 7.66. The van der Waals surface area contributed by atoms with Crippen molar-refractivity contribution in [3.63, 3.8) is 0 Å². The molecule has 0 spiro atoms. The minimum atomic E-state index is 0.669. The van der Waals surface area contributed by atoms with Gasteiger partial charge in [0.1, 0.15) is 0 Å². The normalized spacial score (nSPS) is 24.7. The molecule has 88 valence electrons. The lowest BCUT2D eigenvalue weighted by atomic mass is 9.98. The van der Waals surface area contributed by atoms with Gasteiger partial charge < -0.3 is 5.32 Å². The summed E-state index contributed by atoms with van der Waals surface area (Å²) in [6.45, 7) is 7.20. The van der Waals surface area contributed by atoms with Crippen molar-refractivity contribution in [1.29, 1.82) is 0 Å². The fourth-order valence-electron chi connectivity index (χ4n) is 2.28. The third-order valence-corrected chi connectivity index (χ3v) is 3.65. The summed E-state index contributed by atoms with van der Waals surface area (Å²) in [7, 11) is 0. The largest absolute Gasteiger partial charge is 0.353 e. The summed E-state index contributed by atoms with van der Waals surface area (Å²) < 4.78 is 0. The zero-order valence-corrected chi connectivity index (χ0v) is 10.3. The molecule has 0 amide bonds. The summed E-state index contributed by atoms with van der Waals surface area (Å²) >= 11 is 0. The Kier molecular flexibility index (Phi) is 3.36. The summed E-state index contributed by atoms with van der Waals surface area (Å²) in [4.78, 5) is 4.37. The maximum Gasteiger partial charge on any atom is 0.242 e. The summed E-state index contributed by atoms with van der Waals surface area (Å²) in [6, 6.07) is 0. The van der Waals surface area contributed by atoms with Crippen molar-refractivity contribution in [3.05, 3.63) is 11.4 Å². The van der Waals surface area contributed by atoms with Crippen LogP contribution in [0.3, 0.4) is 0 Å². The van der Waals surface area contributed by atoms with Gasteiger partial charge in [-0.15, -0.1) is 5.10 Å². The molecule has 1 N–H and O–H groups in total. The first kappa shape index (κ1) is 11.3. The quantitative estimate of drug-likeness (QED) is 0.849. The lowest BCUT2D eigenvalue weighted by molar-refractivity contribution is 0.438. The maximum atomic E-state index is 4.37. The average molecular weight is 220 g/mol. The van der Waals surface area contributed by atoms with Crippen molar-refractivity contribution >= 4 is 5.95 Å². The standard InChI is InChI=1S/C12H20N4/c1-8-5-4-6-11(8)7-13-12-14-9(2)10(3)15-16-12/h8,11H,4-7H2,1-3H3,(H,13,14,16). The molecule has 16 heavy (non-hydrogen) atoms. The van der Waals surface area contributed by atoms with Gasteiger partial charge in [0.25, 0.3) is 0 Å². The molecule has 1 aromatic heterocycles. The smallest absolute Gasteiger partial charge is 0.242 e. The highest BCUT2D eigenvalue weighted by molar-refractivity contribution is 5.24. The predicted octanol–water partition coefficient (Wildman–Crippen LogP) is 2.34. The van der Waals surface area contributed by atoms with Gasteiger partial charge in [-0.3, -0.25) is 0 Å². The van der Waals surface area contributed by atoms with Crippen molar-refractivity contribution in [2.75, 3.05) is 11.9 Å². The molecular formula is C12H20N4. The van der Waals surface area contributed by atoms with Crippen LogP contribution in [0.15, 0.2) is 0 Å². The first-order valence-electron chi connectivity index (χ1n) is 6.08. The molecule has 1 heterocycles. The van der Waals surface area contributed by atoms with Gasteiger partial charge in [-0.2, -0.15) is 5.10 Å². The Morgan fingerprint density at radius 2 is 2.00 bits per heavy atom. The molecule has 0 saturated heterocycles. The van der Waals surface area contributed by atoms with E-state index in [1.165, 1.54) is 19.3 Å². The highest BCUT2D eigenvalue weighted by Crippen LogP contribution is 2.30. The fourth-order valence-corrected chi connectivity index (χ4v) is 2.28. The molecule has 1 saturated carbocycles. The second-order valence-corrected chi connectivity index (χ2v) is 4.86. The molecule has 4 nitrogen and oxygen atoms in total. The van der Waals surface area contributed by atoms with Crippen LogP contribution in [0.5, 0.6) is 0 Å². The number of aryl methyl sites for hydroxylation is 2. The number of hydrogen-bond acceptors (Lipinski definition) is 4. The van der Waals surface area contributed by atoms with Crippen LogP contribution >= 0.6 is 0 Å². The van der Waals surface area contributed by atoms with Crippen molar-refractivity contribution in [3.8, 4) is 0 Å². The van der Waals surface area contributed by atoms with E-state index < -0.39 is 0 Å². The molecule has 1 aliphatic rings. The Balaban J connectivity index is 1.91. The molecule has 0 bridgehead atoms. The number of anilines is 1. The number of nitrogens with one attached hydrogen (secondary N) is 1. The molecule has 4 heteroatoms. The van der Waals surface area contributed by atoms with E-state index in [0.717, 1.165) is 29.8 Å². The van der Waals surface area contributed by atoms with Gasteiger partial charge in [0.05, 0.1) is 11.4 Å². The van der Waals surface area contributed by atoms with Crippen LogP contribution in [0.25, 0.3) is 0 Å². The van der Waals surface area contributed by atoms with Gasteiger partial charge in [-0.1, -0.05) is 19.8 Å². The number of hydrogen-bond donors (Lipinski definition) is 1. The highest BCUT2D eigenvalue weighted by Gasteiger charge is 2.23. The van der Waals surface area contributed by atoms with Gasteiger partial charge in [0, 0.05) is 6.54 Å². The van der Waals surface area contributed by atoms with E-state index in [-0.39, 0.29) is 0 Å². The summed E-state index contributed by atoms with van der Waals surface area (Å²) in [5.41, 5.74) is 1.86. The summed E-state index contributed by atoms with van der Waals surface area (Å²) in [5.74, 6) is 2.26. The third kappa shape index (κ3) is 2.49. The lowest BCUT2D eigenvalue weighted by Crippen LogP contribution is -2.18. The Morgan fingerprint density at radius 3 is 2.62 bits per heavy atom. The van der Waals surface area contributed by atoms with Crippen LogP contribution in [-0.4, -0.2) is 21.7 Å². The molecule has 2 atom stereocenters. The maximum absolute atomic E-state index is 4.37. The molecule has 0 aliphatic heterocycles. The molecule has 2 unspecified atom stereocenters. The molecule has 2 rings (SSSR count). The van der Waals surface area contributed by atoms with E-state index in [0.29, 0.717) is 5.95 Å². The van der Waals surface area contributed by atoms with Crippen molar-refractivity contribution < 1.29 is 0 Å². The molecular weight excluding hydrogens is 200 g/mol. The second kappa shape index (κ2) is 4.76. The van der Waals surface area contributed by atoms with Gasteiger partial charge in [-0.05, 0) is 32.1 Å². The van der Waals surface area contributed by atoms with Crippen molar-refractivity contribution in [2.45, 2.75) is 40.0 Å². The topological polar surface area (TPSA) is 50.7 Å². The Morgan fingerprint density at radius 1 is 1.19 bits per heavy atom. The van der Waals surface area contributed by atoms with Gasteiger partial charge in [0.2, 0.25) is 5.95 Å². The van der Waals surface area contributed by atoms with Crippen molar-refractivity contribution in [2.24, 2.45) is 11.8 Å². The van der Waals surface area contributed by atoms with E-state index in [1.54, 1.807) is 0 Å². The summed E-state index contributed by atoms with van der Waals surface area (Å²) in [5, 5.41) is 11.4. The van der Waals surface area contributed by atoms with Crippen LogP contribution in [0.2, 0.25) is 0 Å². The van der Waals surface area contributed by atoms with Crippen LogP contribution in [0.1, 0.15) is 37.6 Å². The Hall–Kier alpha value is -1.19. The molecule has 1 aliphatic carbocycles. The monoisotopic (exact) mass is 220 g/mol. The summed E-state index contributed by atoms with van der Waals surface area (Å²) in [6.07, 6.45) is 4.05. The van der Waals surface area contributed by atoms with Crippen LogP contribution in [0.4, 0.5) is 5.95 Å². The lowest BCUT2D eigenvalue weighted by Gasteiger charge is -2.15.